The van der Waals surface area contributed by atoms with Gasteiger partial charge in [-0.05, 0) is 53.6 Å². The molecule has 1 aliphatic carbocycles. The number of halogens is 1. The Morgan fingerprint density at radius 2 is 1.81 bits per heavy atom. The summed E-state index contributed by atoms with van der Waals surface area (Å²) in [6.45, 7) is 0. The van der Waals surface area contributed by atoms with Crippen LogP contribution in [-0.2, 0) is 34.1 Å². The first-order valence-corrected chi connectivity index (χ1v) is 9.87. The van der Waals surface area contributed by atoms with E-state index in [0.717, 1.165) is 30.4 Å². The van der Waals surface area contributed by atoms with Gasteiger partial charge in [-0.15, -0.1) is 0 Å². The fraction of sp³-hybridized carbons (Fsp3) is 0.278. The number of aliphatic carboxylic acids is 1. The molecule has 0 heterocycles. The van der Waals surface area contributed by atoms with Crippen LogP contribution in [0.3, 0.4) is 0 Å². The molecule has 0 amide bonds. The normalized spacial score (nSPS) is 13.8. The van der Waals surface area contributed by atoms with Crippen LogP contribution in [0.25, 0.3) is 0 Å². The topological polar surface area (TPSA) is 115 Å². The molecule has 27 heavy (non-hydrogen) atoms. The van der Waals surface area contributed by atoms with E-state index in [0.29, 0.717) is 11.1 Å². The molecule has 0 radical (unpaired) electrons. The Morgan fingerprint density at radius 1 is 1.15 bits per heavy atom. The first-order valence-electron chi connectivity index (χ1n) is 7.95. The van der Waals surface area contributed by atoms with E-state index in [-0.39, 0.29) is 46.3 Å². The van der Waals surface area contributed by atoms with Crippen LogP contribution in [0.1, 0.15) is 34.2 Å². The van der Waals surface area contributed by atoms with Gasteiger partial charge in [0.15, 0.2) is 0 Å². The molecule has 0 aliphatic heterocycles. The van der Waals surface area contributed by atoms with Gasteiger partial charge in [-0.2, -0.15) is 4.72 Å². The van der Waals surface area contributed by atoms with Crippen molar-refractivity contribution < 1.29 is 23.8 Å². The summed E-state index contributed by atoms with van der Waals surface area (Å²) in [4.78, 5) is 11.3. The SMILES string of the molecule is O.O=C(O)Cc1ccc2c(c1C(Cl)NS(=O)(=O)c1ccccc1)CCC2.[NaH]. The van der Waals surface area contributed by atoms with Crippen molar-refractivity contribution in [1.29, 1.82) is 0 Å². The Morgan fingerprint density at radius 3 is 2.44 bits per heavy atom. The van der Waals surface area contributed by atoms with Crippen LogP contribution in [0.4, 0.5) is 0 Å². The molecule has 0 fully saturated rings. The Kier molecular flexibility index (Phi) is 8.95. The number of sulfonamides is 1. The van der Waals surface area contributed by atoms with Crippen molar-refractivity contribution in [3.8, 4) is 0 Å². The number of alkyl halides is 1. The van der Waals surface area contributed by atoms with Gasteiger partial charge in [-0.1, -0.05) is 41.9 Å². The molecular weight excluding hydrogens is 401 g/mol. The number of hydrogen-bond acceptors (Lipinski definition) is 3. The van der Waals surface area contributed by atoms with Crippen LogP contribution >= 0.6 is 11.6 Å². The molecule has 9 heteroatoms. The van der Waals surface area contributed by atoms with E-state index >= 15 is 0 Å². The van der Waals surface area contributed by atoms with E-state index in [1.165, 1.54) is 12.1 Å². The zero-order chi connectivity index (χ0) is 18.0. The third-order valence-electron chi connectivity index (χ3n) is 4.32. The molecule has 142 valence electrons. The van der Waals surface area contributed by atoms with E-state index in [1.807, 2.05) is 6.07 Å². The van der Waals surface area contributed by atoms with Crippen LogP contribution in [-0.4, -0.2) is 54.5 Å². The zero-order valence-corrected chi connectivity index (χ0v) is 15.5. The van der Waals surface area contributed by atoms with Gasteiger partial charge in [0.25, 0.3) is 0 Å². The second-order valence-corrected chi connectivity index (χ2v) is 8.15. The number of hydrogen-bond donors (Lipinski definition) is 2. The van der Waals surface area contributed by atoms with Crippen LogP contribution in [0.5, 0.6) is 0 Å². The predicted octanol–water partition coefficient (Wildman–Crippen LogP) is 1.55. The summed E-state index contributed by atoms with van der Waals surface area (Å²) in [5, 5.41) is 9.15. The third kappa shape index (κ3) is 5.54. The van der Waals surface area contributed by atoms with Crippen molar-refractivity contribution in [2.24, 2.45) is 0 Å². The summed E-state index contributed by atoms with van der Waals surface area (Å²) in [5.41, 5.74) is 2.18. The molecule has 1 aliphatic rings. The van der Waals surface area contributed by atoms with Gasteiger partial charge in [0.1, 0.15) is 5.50 Å². The fourth-order valence-corrected chi connectivity index (χ4v) is 4.90. The molecule has 3 rings (SSSR count). The number of benzene rings is 2. The Balaban J connectivity index is 0.00000182. The number of aryl methyl sites for hydroxylation is 1. The Hall–Kier alpha value is -0.930. The maximum atomic E-state index is 12.5. The minimum atomic E-state index is -3.80. The first-order chi connectivity index (χ1) is 11.9. The van der Waals surface area contributed by atoms with E-state index < -0.39 is 21.5 Å². The van der Waals surface area contributed by atoms with Crippen LogP contribution in [0.2, 0.25) is 0 Å². The molecule has 0 aromatic heterocycles. The molecule has 1 unspecified atom stereocenters. The van der Waals surface area contributed by atoms with E-state index in [4.69, 9.17) is 16.7 Å². The molecule has 2 aromatic rings. The number of carbonyl (C=O) groups is 1. The number of fused-ring (bicyclic) bond motifs is 1. The fourth-order valence-electron chi connectivity index (χ4n) is 3.24. The number of nitrogens with one attached hydrogen (secondary N) is 1. The van der Waals surface area contributed by atoms with Gasteiger partial charge in [-0.25, -0.2) is 8.42 Å². The molecule has 0 spiro atoms. The van der Waals surface area contributed by atoms with Crippen molar-refractivity contribution in [3.63, 3.8) is 0 Å². The second kappa shape index (κ2) is 10.0. The third-order valence-corrected chi connectivity index (χ3v) is 6.22. The van der Waals surface area contributed by atoms with Crippen molar-refractivity contribution in [1.82, 2.24) is 4.72 Å². The second-order valence-electron chi connectivity index (χ2n) is 6.00. The van der Waals surface area contributed by atoms with Crippen LogP contribution in [0, 0.1) is 0 Å². The summed E-state index contributed by atoms with van der Waals surface area (Å²) in [5.74, 6) is -0.978. The number of carboxylic acids is 1. The van der Waals surface area contributed by atoms with Gasteiger partial charge in [-0.3, -0.25) is 4.79 Å². The molecule has 6 nitrogen and oxygen atoms in total. The first kappa shape index (κ1) is 24.1. The standard InChI is InChI=1S/C18H18ClNO4S.Na.H2O.H/c19-18(20-25(23,24)14-6-2-1-3-7-14)17-13(11-16(21)22)10-9-12-5-4-8-15(12)17;;;/h1-3,6-7,9-10,18,20H,4-5,8,11H2,(H,21,22);;1H2;. The summed E-state index contributed by atoms with van der Waals surface area (Å²) in [6, 6.07) is 11.6. The average molecular weight is 422 g/mol. The summed E-state index contributed by atoms with van der Waals surface area (Å²) < 4.78 is 27.6. The summed E-state index contributed by atoms with van der Waals surface area (Å²) in [7, 11) is -3.80. The van der Waals surface area contributed by atoms with Crippen LogP contribution < -0.4 is 4.72 Å². The molecule has 0 saturated heterocycles. The van der Waals surface area contributed by atoms with Crippen molar-refractivity contribution in [2.75, 3.05) is 0 Å². The number of carboxylic acid groups (broad SMARTS) is 1. The predicted molar refractivity (Wildman–Crippen MR) is 106 cm³/mol. The van der Waals surface area contributed by atoms with E-state index in [1.54, 1.807) is 24.3 Å². The summed E-state index contributed by atoms with van der Waals surface area (Å²) in [6.07, 6.45) is 2.42. The van der Waals surface area contributed by atoms with Gasteiger partial charge >= 0.3 is 35.5 Å². The van der Waals surface area contributed by atoms with Gasteiger partial charge in [0, 0.05) is 0 Å². The summed E-state index contributed by atoms with van der Waals surface area (Å²) >= 11 is 6.43. The molecule has 1 atom stereocenters. The monoisotopic (exact) mass is 421 g/mol. The Labute approximate surface area is 185 Å². The maximum absolute atomic E-state index is 12.5. The van der Waals surface area contributed by atoms with Crippen molar-refractivity contribution in [2.45, 2.75) is 36.1 Å². The molecule has 0 saturated carbocycles. The molecule has 2 aromatic carbocycles. The van der Waals surface area contributed by atoms with Gasteiger partial charge in [0.05, 0.1) is 11.3 Å². The van der Waals surface area contributed by atoms with Crippen molar-refractivity contribution in [3.05, 3.63) is 64.7 Å². The van der Waals surface area contributed by atoms with E-state index in [9.17, 15) is 13.2 Å². The van der Waals surface area contributed by atoms with E-state index in [2.05, 4.69) is 4.72 Å². The average Bonchev–Trinajstić information content (AvgIpc) is 3.03. The van der Waals surface area contributed by atoms with Gasteiger partial charge in [0.2, 0.25) is 10.0 Å². The molecular formula is C18H21ClNNaO5S. The molecule has 0 bridgehead atoms. The quantitative estimate of drug-likeness (QED) is 0.418. The van der Waals surface area contributed by atoms with Crippen LogP contribution in [0.15, 0.2) is 47.4 Å². The van der Waals surface area contributed by atoms with Crippen molar-refractivity contribution >= 4 is 57.2 Å². The molecule has 4 N–H and O–H groups in total. The zero-order valence-electron chi connectivity index (χ0n) is 13.9. The van der Waals surface area contributed by atoms with Gasteiger partial charge < -0.3 is 10.6 Å². The number of rotatable bonds is 6. The Bertz CT molecular complexity index is 905. The minimum absolute atomic E-state index is 0.